The third kappa shape index (κ3) is 4.85. The highest BCUT2D eigenvalue weighted by Crippen LogP contribution is 2.30. The van der Waals surface area contributed by atoms with Gasteiger partial charge in [-0.25, -0.2) is 10.2 Å². The molecule has 0 atom stereocenters. The summed E-state index contributed by atoms with van der Waals surface area (Å²) in [5, 5.41) is 15.1. The van der Waals surface area contributed by atoms with Crippen LogP contribution in [-0.4, -0.2) is 48.9 Å². The van der Waals surface area contributed by atoms with Crippen LogP contribution in [0.25, 0.3) is 0 Å². The summed E-state index contributed by atoms with van der Waals surface area (Å²) >= 11 is 0. The van der Waals surface area contributed by atoms with Crippen LogP contribution in [-0.2, 0) is 4.79 Å². The van der Waals surface area contributed by atoms with Gasteiger partial charge < -0.3 is 19.9 Å². The average Bonchev–Trinajstić information content (AvgIpc) is 2.72. The molecule has 0 spiro atoms. The number of amides is 2. The highest BCUT2D eigenvalue weighted by atomic mass is 16.6. The van der Waals surface area contributed by atoms with Crippen molar-refractivity contribution in [3.8, 4) is 11.5 Å². The Balaban J connectivity index is 1.47. The number of ether oxygens (including phenoxy) is 2. The normalized spacial score (nSPS) is 12.4. The number of rotatable bonds is 6. The summed E-state index contributed by atoms with van der Waals surface area (Å²) in [6.07, 6.45) is 1.37. The smallest absolute Gasteiger partial charge is 0.335 e. The van der Waals surface area contributed by atoms with Crippen molar-refractivity contribution in [3.05, 3.63) is 59.2 Å². The van der Waals surface area contributed by atoms with Gasteiger partial charge in [-0.1, -0.05) is 12.1 Å². The number of hydrazone groups is 1. The van der Waals surface area contributed by atoms with Crippen molar-refractivity contribution < 1.29 is 29.0 Å². The summed E-state index contributed by atoms with van der Waals surface area (Å²) in [6.45, 7) is 0.614. The van der Waals surface area contributed by atoms with Gasteiger partial charge in [-0.2, -0.15) is 5.10 Å². The second-order valence-corrected chi connectivity index (χ2v) is 5.76. The van der Waals surface area contributed by atoms with E-state index in [0.29, 0.717) is 35.8 Å². The molecule has 2 amide bonds. The molecule has 0 fully saturated rings. The van der Waals surface area contributed by atoms with Crippen molar-refractivity contribution in [2.75, 3.05) is 19.8 Å². The Labute approximate surface area is 160 Å². The van der Waals surface area contributed by atoms with Gasteiger partial charge in [-0.05, 0) is 35.9 Å². The van der Waals surface area contributed by atoms with Crippen LogP contribution in [0.3, 0.4) is 0 Å². The van der Waals surface area contributed by atoms with Gasteiger partial charge in [-0.15, -0.1) is 0 Å². The fraction of sp³-hybridized carbons (Fsp3) is 0.158. The lowest BCUT2D eigenvalue weighted by Gasteiger charge is -2.18. The average molecular weight is 383 g/mol. The summed E-state index contributed by atoms with van der Waals surface area (Å²) in [7, 11) is 0. The zero-order valence-electron chi connectivity index (χ0n) is 14.7. The van der Waals surface area contributed by atoms with E-state index in [2.05, 4.69) is 15.8 Å². The molecular weight excluding hydrogens is 366 g/mol. The number of aromatic carboxylic acids is 1. The Morgan fingerprint density at radius 2 is 1.68 bits per heavy atom. The molecule has 0 bridgehead atoms. The molecule has 0 aliphatic carbocycles. The Morgan fingerprint density at radius 1 is 1.00 bits per heavy atom. The molecule has 0 aromatic heterocycles. The quantitative estimate of drug-likeness (QED) is 0.505. The molecule has 0 unspecified atom stereocenters. The van der Waals surface area contributed by atoms with Gasteiger partial charge in [0.05, 0.1) is 18.3 Å². The van der Waals surface area contributed by atoms with Crippen LogP contribution in [0.5, 0.6) is 11.5 Å². The van der Waals surface area contributed by atoms with E-state index in [-0.39, 0.29) is 12.1 Å². The van der Waals surface area contributed by atoms with E-state index < -0.39 is 17.8 Å². The second kappa shape index (κ2) is 8.67. The highest BCUT2D eigenvalue weighted by Gasteiger charge is 2.15. The molecule has 144 valence electrons. The van der Waals surface area contributed by atoms with E-state index in [0.717, 1.165) is 0 Å². The van der Waals surface area contributed by atoms with E-state index >= 15 is 0 Å². The number of carboxylic acids is 1. The molecule has 1 aliphatic heterocycles. The van der Waals surface area contributed by atoms with Crippen molar-refractivity contribution >= 4 is 24.0 Å². The Bertz CT molecular complexity index is 924. The number of nitrogens with zero attached hydrogens (tertiary/aromatic N) is 1. The lowest BCUT2D eigenvalue weighted by Crippen LogP contribution is -2.35. The van der Waals surface area contributed by atoms with E-state index in [1.54, 1.807) is 30.3 Å². The first-order valence-electron chi connectivity index (χ1n) is 8.36. The molecular formula is C19H17N3O6. The predicted molar refractivity (Wildman–Crippen MR) is 98.9 cm³/mol. The predicted octanol–water partition coefficient (Wildman–Crippen LogP) is 1.04. The Kier molecular flexibility index (Phi) is 5.85. The number of carbonyl (C=O) groups is 3. The maximum absolute atomic E-state index is 12.1. The minimum absolute atomic E-state index is 0.156. The number of hydrogen-bond donors (Lipinski definition) is 3. The van der Waals surface area contributed by atoms with Gasteiger partial charge in [0, 0.05) is 5.56 Å². The zero-order chi connectivity index (χ0) is 19.9. The maximum atomic E-state index is 12.1. The third-order valence-electron chi connectivity index (χ3n) is 3.77. The molecule has 2 aromatic carbocycles. The Hall–Kier alpha value is -3.88. The van der Waals surface area contributed by atoms with Crippen LogP contribution in [0.1, 0.15) is 26.3 Å². The largest absolute Gasteiger partial charge is 0.486 e. The summed E-state index contributed by atoms with van der Waals surface area (Å²) in [6, 6.07) is 10.8. The molecule has 0 saturated heterocycles. The van der Waals surface area contributed by atoms with Gasteiger partial charge in [0.1, 0.15) is 13.2 Å². The van der Waals surface area contributed by atoms with Gasteiger partial charge >= 0.3 is 5.97 Å². The molecule has 1 heterocycles. The van der Waals surface area contributed by atoms with E-state index in [9.17, 15) is 14.4 Å². The molecule has 2 aromatic rings. The number of carbonyl (C=O) groups excluding carboxylic acids is 2. The summed E-state index contributed by atoms with van der Waals surface area (Å²) in [4.78, 5) is 34.7. The second-order valence-electron chi connectivity index (χ2n) is 5.76. The highest BCUT2D eigenvalue weighted by molar-refractivity contribution is 5.97. The first-order chi connectivity index (χ1) is 13.5. The molecule has 1 aliphatic rings. The summed E-state index contributed by atoms with van der Waals surface area (Å²) < 4.78 is 10.8. The topological polar surface area (TPSA) is 126 Å². The van der Waals surface area contributed by atoms with Crippen molar-refractivity contribution in [2.45, 2.75) is 0 Å². The summed E-state index contributed by atoms with van der Waals surface area (Å²) in [5.41, 5.74) is 3.40. The van der Waals surface area contributed by atoms with Crippen LogP contribution in [0, 0.1) is 0 Å². The third-order valence-corrected chi connectivity index (χ3v) is 3.77. The number of nitrogens with one attached hydrogen (secondary N) is 2. The van der Waals surface area contributed by atoms with Crippen molar-refractivity contribution in [1.82, 2.24) is 10.7 Å². The Morgan fingerprint density at radius 3 is 2.39 bits per heavy atom. The number of hydrogen-bond acceptors (Lipinski definition) is 6. The molecule has 3 rings (SSSR count). The molecule has 9 nitrogen and oxygen atoms in total. The van der Waals surface area contributed by atoms with Crippen LogP contribution in [0.2, 0.25) is 0 Å². The van der Waals surface area contributed by atoms with Crippen LogP contribution >= 0.6 is 0 Å². The molecule has 0 radical (unpaired) electrons. The van der Waals surface area contributed by atoms with Crippen molar-refractivity contribution in [3.63, 3.8) is 0 Å². The standard InChI is InChI=1S/C19H17N3O6/c23-17(22-21-10-12-1-3-13(4-2-12)19(25)26)11-20-18(24)14-5-6-15-16(9-14)28-8-7-27-15/h1-6,9-10H,7-8,11H2,(H,20,24)(H,22,23)(H,25,26)/b21-10-. The first kappa shape index (κ1) is 18.9. The minimum Gasteiger partial charge on any atom is -0.486 e. The molecule has 28 heavy (non-hydrogen) atoms. The van der Waals surface area contributed by atoms with Gasteiger partial charge in [0.25, 0.3) is 11.8 Å². The van der Waals surface area contributed by atoms with Gasteiger partial charge in [0.2, 0.25) is 0 Å². The number of fused-ring (bicyclic) bond motifs is 1. The summed E-state index contributed by atoms with van der Waals surface area (Å²) in [5.74, 6) is -0.900. The minimum atomic E-state index is -1.02. The van der Waals surface area contributed by atoms with Crippen molar-refractivity contribution in [1.29, 1.82) is 0 Å². The van der Waals surface area contributed by atoms with Crippen LogP contribution in [0.15, 0.2) is 47.6 Å². The number of carboxylic acid groups (broad SMARTS) is 1. The van der Waals surface area contributed by atoms with E-state index in [1.165, 1.54) is 18.3 Å². The maximum Gasteiger partial charge on any atom is 0.335 e. The SMILES string of the molecule is O=C(CNC(=O)c1ccc2c(c1)OCCO2)N/N=C\c1ccc(C(=O)O)cc1. The van der Waals surface area contributed by atoms with E-state index in [1.807, 2.05) is 0 Å². The fourth-order valence-corrected chi connectivity index (χ4v) is 2.38. The monoisotopic (exact) mass is 383 g/mol. The molecule has 3 N–H and O–H groups in total. The molecule has 0 saturated carbocycles. The van der Waals surface area contributed by atoms with E-state index in [4.69, 9.17) is 14.6 Å². The first-order valence-corrected chi connectivity index (χ1v) is 8.36. The van der Waals surface area contributed by atoms with Crippen molar-refractivity contribution in [2.24, 2.45) is 5.10 Å². The van der Waals surface area contributed by atoms with Gasteiger partial charge in [-0.3, -0.25) is 9.59 Å². The zero-order valence-corrected chi connectivity index (χ0v) is 14.7. The lowest BCUT2D eigenvalue weighted by molar-refractivity contribution is -0.120. The van der Waals surface area contributed by atoms with Gasteiger partial charge in [0.15, 0.2) is 11.5 Å². The van der Waals surface area contributed by atoms with Crippen LogP contribution in [0.4, 0.5) is 0 Å². The lowest BCUT2D eigenvalue weighted by atomic mass is 10.1. The fourth-order valence-electron chi connectivity index (χ4n) is 2.38. The molecule has 9 heteroatoms. The number of benzene rings is 2. The van der Waals surface area contributed by atoms with Crippen LogP contribution < -0.4 is 20.2 Å².